The molecule has 0 atom stereocenters. The van der Waals surface area contributed by atoms with E-state index in [9.17, 15) is 4.79 Å². The number of carbonyl (C=O) groups excluding carboxylic acids is 1. The zero-order valence-corrected chi connectivity index (χ0v) is 16.2. The molecule has 144 valence electrons. The number of pyridine rings is 1. The Bertz CT molecular complexity index is 935. The van der Waals surface area contributed by atoms with Gasteiger partial charge in [-0.15, -0.1) is 0 Å². The minimum atomic E-state index is -0.298. The van der Waals surface area contributed by atoms with E-state index in [4.69, 9.17) is 9.47 Å². The van der Waals surface area contributed by atoms with Crippen LogP contribution in [0.15, 0.2) is 60.8 Å². The van der Waals surface area contributed by atoms with Gasteiger partial charge in [-0.1, -0.05) is 18.2 Å². The number of nitrogens with one attached hydrogen (secondary N) is 2. The average molecular weight is 377 g/mol. The third-order valence-corrected chi connectivity index (χ3v) is 3.97. The summed E-state index contributed by atoms with van der Waals surface area (Å²) in [5, 5.41) is 6.03. The van der Waals surface area contributed by atoms with E-state index in [0.29, 0.717) is 17.3 Å². The minimum Gasteiger partial charge on any atom is -0.493 e. The predicted octanol–water partition coefficient (Wildman–Crippen LogP) is 4.47. The van der Waals surface area contributed by atoms with E-state index in [2.05, 4.69) is 47.7 Å². The molecule has 0 aliphatic heterocycles. The highest BCUT2D eigenvalue weighted by atomic mass is 16.5. The number of nitrogens with zero attached hydrogens (tertiary/aromatic N) is 1. The fraction of sp³-hybridized carbons (Fsp3) is 0.182. The smallest absolute Gasteiger partial charge is 0.263 e. The van der Waals surface area contributed by atoms with E-state index >= 15 is 0 Å². The molecule has 0 radical (unpaired) electrons. The maximum absolute atomic E-state index is 12.1. The van der Waals surface area contributed by atoms with Crippen LogP contribution in [0.5, 0.6) is 11.5 Å². The zero-order valence-electron chi connectivity index (χ0n) is 16.2. The first-order valence-corrected chi connectivity index (χ1v) is 8.90. The Morgan fingerprint density at radius 2 is 1.68 bits per heavy atom. The van der Waals surface area contributed by atoms with Crippen molar-refractivity contribution >= 4 is 23.1 Å². The second-order valence-electron chi connectivity index (χ2n) is 6.42. The fourth-order valence-corrected chi connectivity index (χ4v) is 2.82. The van der Waals surface area contributed by atoms with Crippen molar-refractivity contribution in [2.75, 3.05) is 24.4 Å². The number of anilines is 3. The first-order chi connectivity index (χ1) is 13.5. The largest absolute Gasteiger partial charge is 0.493 e. The van der Waals surface area contributed by atoms with Crippen molar-refractivity contribution < 1.29 is 14.3 Å². The molecule has 1 amide bonds. The molecule has 3 aromatic rings. The number of aromatic nitrogens is 1. The Hall–Kier alpha value is -3.54. The number of rotatable bonds is 7. The molecule has 0 spiro atoms. The van der Waals surface area contributed by atoms with Crippen LogP contribution >= 0.6 is 0 Å². The molecule has 6 heteroatoms. The van der Waals surface area contributed by atoms with Crippen LogP contribution in [0.2, 0.25) is 0 Å². The molecule has 2 aromatic carbocycles. The number of methoxy groups -OCH3 is 1. The van der Waals surface area contributed by atoms with Crippen LogP contribution in [-0.2, 0) is 4.79 Å². The van der Waals surface area contributed by atoms with Gasteiger partial charge in [-0.3, -0.25) is 4.79 Å². The van der Waals surface area contributed by atoms with Crippen molar-refractivity contribution in [1.29, 1.82) is 0 Å². The van der Waals surface area contributed by atoms with Crippen LogP contribution in [-0.4, -0.2) is 24.6 Å². The number of aryl methyl sites for hydroxylation is 2. The summed E-state index contributed by atoms with van der Waals surface area (Å²) in [6.45, 7) is 3.98. The number of hydrogen-bond acceptors (Lipinski definition) is 5. The van der Waals surface area contributed by atoms with Crippen molar-refractivity contribution in [2.45, 2.75) is 13.8 Å². The topological polar surface area (TPSA) is 72.5 Å². The van der Waals surface area contributed by atoms with E-state index in [1.54, 1.807) is 31.5 Å². The second-order valence-corrected chi connectivity index (χ2v) is 6.42. The Labute approximate surface area is 164 Å². The molecular weight excluding hydrogens is 354 g/mol. The molecule has 3 rings (SSSR count). The van der Waals surface area contributed by atoms with Gasteiger partial charge in [0.05, 0.1) is 19.0 Å². The molecule has 0 bridgehead atoms. The van der Waals surface area contributed by atoms with Crippen molar-refractivity contribution in [3.05, 3.63) is 71.9 Å². The molecule has 28 heavy (non-hydrogen) atoms. The van der Waals surface area contributed by atoms with Crippen molar-refractivity contribution in [1.82, 2.24) is 4.98 Å². The SMILES string of the molecule is COc1ccccc1OCC(=O)Nc1ccc(Nc2cc(C)cc(C)c2)cn1. The lowest BCUT2D eigenvalue weighted by Crippen LogP contribution is -2.20. The first kappa shape index (κ1) is 19.2. The lowest BCUT2D eigenvalue weighted by atomic mass is 10.1. The molecule has 0 fully saturated rings. The molecule has 1 heterocycles. The third-order valence-electron chi connectivity index (χ3n) is 3.97. The molecule has 0 saturated carbocycles. The number of benzene rings is 2. The van der Waals surface area contributed by atoms with Gasteiger partial charge < -0.3 is 20.1 Å². The monoisotopic (exact) mass is 377 g/mol. The van der Waals surface area contributed by atoms with E-state index in [0.717, 1.165) is 11.4 Å². The van der Waals surface area contributed by atoms with Gasteiger partial charge in [0.15, 0.2) is 18.1 Å². The summed E-state index contributed by atoms with van der Waals surface area (Å²) in [5.41, 5.74) is 4.22. The summed E-state index contributed by atoms with van der Waals surface area (Å²) in [7, 11) is 1.56. The van der Waals surface area contributed by atoms with Gasteiger partial charge in [0.2, 0.25) is 0 Å². The van der Waals surface area contributed by atoms with E-state index in [1.165, 1.54) is 11.1 Å². The average Bonchev–Trinajstić information content (AvgIpc) is 2.67. The Morgan fingerprint density at radius 1 is 0.964 bits per heavy atom. The first-order valence-electron chi connectivity index (χ1n) is 8.90. The maximum Gasteiger partial charge on any atom is 0.263 e. The molecule has 0 unspecified atom stereocenters. The van der Waals surface area contributed by atoms with Gasteiger partial charge in [0.25, 0.3) is 5.91 Å². The minimum absolute atomic E-state index is 0.134. The molecular formula is C22H23N3O3. The summed E-state index contributed by atoms with van der Waals surface area (Å²) < 4.78 is 10.7. The van der Waals surface area contributed by atoms with E-state index in [1.807, 2.05) is 18.2 Å². The normalized spacial score (nSPS) is 10.2. The van der Waals surface area contributed by atoms with Gasteiger partial charge >= 0.3 is 0 Å². The fourth-order valence-electron chi connectivity index (χ4n) is 2.82. The second kappa shape index (κ2) is 8.90. The predicted molar refractivity (Wildman–Crippen MR) is 111 cm³/mol. The number of carbonyl (C=O) groups is 1. The van der Waals surface area contributed by atoms with Crippen LogP contribution in [0.4, 0.5) is 17.2 Å². The Morgan fingerprint density at radius 3 is 2.32 bits per heavy atom. The van der Waals surface area contributed by atoms with Crippen LogP contribution < -0.4 is 20.1 Å². The highest BCUT2D eigenvalue weighted by molar-refractivity contribution is 5.91. The lowest BCUT2D eigenvalue weighted by molar-refractivity contribution is -0.118. The summed E-state index contributed by atoms with van der Waals surface area (Å²) in [6.07, 6.45) is 1.67. The number of para-hydroxylation sites is 2. The van der Waals surface area contributed by atoms with Crippen LogP contribution in [0, 0.1) is 13.8 Å². The molecule has 0 aliphatic rings. The van der Waals surface area contributed by atoms with Crippen molar-refractivity contribution in [2.24, 2.45) is 0 Å². The van der Waals surface area contributed by atoms with Gasteiger partial charge in [0.1, 0.15) is 5.82 Å². The van der Waals surface area contributed by atoms with Crippen LogP contribution in [0.1, 0.15) is 11.1 Å². The summed E-state index contributed by atoms with van der Waals surface area (Å²) in [4.78, 5) is 16.4. The van der Waals surface area contributed by atoms with Gasteiger partial charge in [-0.05, 0) is 61.4 Å². The van der Waals surface area contributed by atoms with Gasteiger partial charge in [-0.25, -0.2) is 4.98 Å². The number of amides is 1. The van der Waals surface area contributed by atoms with E-state index in [-0.39, 0.29) is 12.5 Å². The number of hydrogen-bond donors (Lipinski definition) is 2. The molecule has 6 nitrogen and oxygen atoms in total. The Balaban J connectivity index is 1.55. The zero-order chi connectivity index (χ0) is 19.9. The summed E-state index contributed by atoms with van der Waals surface area (Å²) in [6, 6.07) is 17.0. The third kappa shape index (κ3) is 5.23. The van der Waals surface area contributed by atoms with Gasteiger partial charge in [0, 0.05) is 5.69 Å². The molecule has 0 saturated heterocycles. The Kier molecular flexibility index (Phi) is 6.11. The van der Waals surface area contributed by atoms with Crippen LogP contribution in [0.25, 0.3) is 0 Å². The van der Waals surface area contributed by atoms with Crippen molar-refractivity contribution in [3.8, 4) is 11.5 Å². The quantitative estimate of drug-likeness (QED) is 0.636. The van der Waals surface area contributed by atoms with Crippen LogP contribution in [0.3, 0.4) is 0 Å². The lowest BCUT2D eigenvalue weighted by Gasteiger charge is -2.11. The standard InChI is InChI=1S/C22H23N3O3/c1-15-10-16(2)12-18(11-15)24-17-8-9-21(23-13-17)25-22(26)14-28-20-7-5-4-6-19(20)27-3/h4-13,24H,14H2,1-3H3,(H,23,25,26). The maximum atomic E-state index is 12.1. The molecule has 1 aromatic heterocycles. The summed E-state index contributed by atoms with van der Waals surface area (Å²) >= 11 is 0. The van der Waals surface area contributed by atoms with E-state index < -0.39 is 0 Å². The molecule has 0 aliphatic carbocycles. The molecule has 2 N–H and O–H groups in total. The van der Waals surface area contributed by atoms with Gasteiger partial charge in [-0.2, -0.15) is 0 Å². The number of ether oxygens (including phenoxy) is 2. The summed E-state index contributed by atoms with van der Waals surface area (Å²) in [5.74, 6) is 1.25. The van der Waals surface area contributed by atoms with Crippen molar-refractivity contribution in [3.63, 3.8) is 0 Å². The highest BCUT2D eigenvalue weighted by Gasteiger charge is 2.08. The highest BCUT2D eigenvalue weighted by Crippen LogP contribution is 2.25.